The molecule has 2 heteroatoms. The zero-order valence-electron chi connectivity index (χ0n) is 13.8. The maximum atomic E-state index is 14.2. The van der Waals surface area contributed by atoms with Gasteiger partial charge in [0, 0.05) is 5.39 Å². The molecule has 0 amide bonds. The molecule has 1 nitrogen and oxygen atoms in total. The minimum Gasteiger partial charge on any atom is -0.205 e. The van der Waals surface area contributed by atoms with E-state index < -0.39 is 0 Å². The monoisotopic (exact) mass is 309 g/mol. The fourth-order valence-electron chi connectivity index (χ4n) is 3.93. The molecule has 0 atom stereocenters. The predicted molar refractivity (Wildman–Crippen MR) is 92.8 cm³/mol. The third kappa shape index (κ3) is 3.39. The van der Waals surface area contributed by atoms with Crippen LogP contribution in [0.4, 0.5) is 4.39 Å². The Kier molecular flexibility index (Phi) is 4.96. The van der Waals surface area contributed by atoms with Crippen LogP contribution in [0.15, 0.2) is 30.3 Å². The molecule has 2 aromatic rings. The smallest absolute Gasteiger partial charge is 0.148 e. The third-order valence-electron chi connectivity index (χ3n) is 5.38. The molecule has 23 heavy (non-hydrogen) atoms. The van der Waals surface area contributed by atoms with Crippen LogP contribution in [0.3, 0.4) is 0 Å². The molecule has 1 fully saturated rings. The summed E-state index contributed by atoms with van der Waals surface area (Å²) in [5, 5.41) is 10.4. The van der Waals surface area contributed by atoms with Crippen LogP contribution in [0.25, 0.3) is 10.8 Å². The Morgan fingerprint density at radius 1 is 1.13 bits per heavy atom. The molecule has 0 aromatic heterocycles. The lowest BCUT2D eigenvalue weighted by atomic mass is 9.77. The lowest BCUT2D eigenvalue weighted by Crippen LogP contribution is -2.13. The van der Waals surface area contributed by atoms with E-state index in [1.807, 2.05) is 18.2 Å². The van der Waals surface area contributed by atoms with Gasteiger partial charge in [-0.05, 0) is 54.5 Å². The van der Waals surface area contributed by atoms with Crippen LogP contribution in [-0.2, 0) is 0 Å². The van der Waals surface area contributed by atoms with Gasteiger partial charge in [0.05, 0.1) is 5.56 Å². The van der Waals surface area contributed by atoms with Gasteiger partial charge in [-0.1, -0.05) is 50.5 Å². The first-order chi connectivity index (χ1) is 11.2. The van der Waals surface area contributed by atoms with Crippen molar-refractivity contribution < 1.29 is 4.39 Å². The average molecular weight is 309 g/mol. The van der Waals surface area contributed by atoms with E-state index in [1.165, 1.54) is 50.5 Å². The minimum absolute atomic E-state index is 0.127. The molecule has 3 rings (SSSR count). The molecule has 0 heterocycles. The molecular formula is C21H24FN. The Labute approximate surface area is 138 Å². The van der Waals surface area contributed by atoms with E-state index in [1.54, 1.807) is 6.07 Å². The van der Waals surface area contributed by atoms with Crippen molar-refractivity contribution in [2.24, 2.45) is 5.92 Å². The van der Waals surface area contributed by atoms with Crippen molar-refractivity contribution in [3.05, 3.63) is 47.3 Å². The number of halogens is 1. The molecule has 1 aliphatic rings. The summed E-state index contributed by atoms with van der Waals surface area (Å²) in [5.41, 5.74) is 1.46. The normalized spacial score (nSPS) is 21.3. The number of benzene rings is 2. The number of nitrogens with zero attached hydrogens (tertiary/aromatic N) is 1. The van der Waals surface area contributed by atoms with E-state index in [-0.39, 0.29) is 11.4 Å². The fourth-order valence-corrected chi connectivity index (χ4v) is 3.93. The number of rotatable bonds is 4. The van der Waals surface area contributed by atoms with Crippen molar-refractivity contribution in [3.63, 3.8) is 0 Å². The summed E-state index contributed by atoms with van der Waals surface area (Å²) in [6.07, 6.45) is 9.17. The van der Waals surface area contributed by atoms with Crippen molar-refractivity contribution in [2.45, 2.75) is 57.8 Å². The van der Waals surface area contributed by atoms with Crippen molar-refractivity contribution in [2.75, 3.05) is 0 Å². The third-order valence-corrected chi connectivity index (χ3v) is 5.38. The second-order valence-electron chi connectivity index (χ2n) is 6.88. The van der Waals surface area contributed by atoms with Crippen LogP contribution >= 0.6 is 0 Å². The van der Waals surface area contributed by atoms with Gasteiger partial charge in [0.2, 0.25) is 0 Å². The molecule has 120 valence electrons. The largest absolute Gasteiger partial charge is 0.205 e. The van der Waals surface area contributed by atoms with Gasteiger partial charge in [0.1, 0.15) is 11.9 Å². The summed E-state index contributed by atoms with van der Waals surface area (Å²) in [6, 6.07) is 11.4. The molecule has 0 aliphatic heterocycles. The van der Waals surface area contributed by atoms with Crippen LogP contribution in [-0.4, -0.2) is 0 Å². The SMILES string of the molecule is CCCC[C@H]1CC[C@H](c2ccc3c(F)c(C#N)ccc3c2)CC1. The zero-order valence-corrected chi connectivity index (χ0v) is 13.8. The van der Waals surface area contributed by atoms with Gasteiger partial charge >= 0.3 is 0 Å². The molecule has 1 aliphatic carbocycles. The highest BCUT2D eigenvalue weighted by Crippen LogP contribution is 2.38. The van der Waals surface area contributed by atoms with Gasteiger partial charge in [-0.15, -0.1) is 0 Å². The molecular weight excluding hydrogens is 285 g/mol. The first-order valence-electron chi connectivity index (χ1n) is 8.85. The predicted octanol–water partition coefficient (Wildman–Crippen LogP) is 6.31. The highest BCUT2D eigenvalue weighted by atomic mass is 19.1. The maximum absolute atomic E-state index is 14.2. The molecule has 0 spiro atoms. The lowest BCUT2D eigenvalue weighted by Gasteiger charge is -2.29. The van der Waals surface area contributed by atoms with Gasteiger partial charge in [-0.2, -0.15) is 5.26 Å². The first-order valence-corrected chi connectivity index (χ1v) is 8.85. The molecule has 0 N–H and O–H groups in total. The Morgan fingerprint density at radius 2 is 1.91 bits per heavy atom. The molecule has 1 saturated carbocycles. The van der Waals surface area contributed by atoms with E-state index in [9.17, 15) is 4.39 Å². The Balaban J connectivity index is 1.76. The van der Waals surface area contributed by atoms with E-state index in [0.29, 0.717) is 11.3 Å². The molecule has 0 unspecified atom stereocenters. The van der Waals surface area contributed by atoms with Gasteiger partial charge in [-0.25, -0.2) is 4.39 Å². The topological polar surface area (TPSA) is 23.8 Å². The number of fused-ring (bicyclic) bond motifs is 1. The van der Waals surface area contributed by atoms with Crippen LogP contribution in [0, 0.1) is 23.1 Å². The summed E-state index contributed by atoms with van der Waals surface area (Å²) in [6.45, 7) is 2.26. The Hall–Kier alpha value is -1.88. The second kappa shape index (κ2) is 7.13. The lowest BCUT2D eigenvalue weighted by molar-refractivity contribution is 0.304. The summed E-state index contributed by atoms with van der Waals surface area (Å²) < 4.78 is 14.2. The van der Waals surface area contributed by atoms with Gasteiger partial charge in [-0.3, -0.25) is 0 Å². The van der Waals surface area contributed by atoms with E-state index >= 15 is 0 Å². The first kappa shape index (κ1) is 16.0. The van der Waals surface area contributed by atoms with E-state index in [4.69, 9.17) is 5.26 Å². The zero-order chi connectivity index (χ0) is 16.2. The average Bonchev–Trinajstić information content (AvgIpc) is 2.60. The van der Waals surface area contributed by atoms with E-state index in [2.05, 4.69) is 19.1 Å². The highest BCUT2D eigenvalue weighted by Gasteiger charge is 2.22. The van der Waals surface area contributed by atoms with Crippen LogP contribution in [0.2, 0.25) is 0 Å². The number of unbranched alkanes of at least 4 members (excludes halogenated alkanes) is 1. The van der Waals surface area contributed by atoms with Crippen molar-refractivity contribution in [1.29, 1.82) is 5.26 Å². The molecule has 0 saturated heterocycles. The molecule has 0 radical (unpaired) electrons. The fraction of sp³-hybridized carbons (Fsp3) is 0.476. The summed E-state index contributed by atoms with van der Waals surface area (Å²) >= 11 is 0. The quantitative estimate of drug-likeness (QED) is 0.648. The number of nitriles is 1. The Morgan fingerprint density at radius 3 is 2.61 bits per heavy atom. The minimum atomic E-state index is -0.389. The Bertz CT molecular complexity index is 720. The highest BCUT2D eigenvalue weighted by molar-refractivity contribution is 5.85. The van der Waals surface area contributed by atoms with Gasteiger partial charge in [0.25, 0.3) is 0 Å². The molecule has 0 bridgehead atoms. The van der Waals surface area contributed by atoms with E-state index in [0.717, 1.165) is 11.3 Å². The second-order valence-corrected chi connectivity index (χ2v) is 6.88. The van der Waals surface area contributed by atoms with Crippen molar-refractivity contribution in [3.8, 4) is 6.07 Å². The van der Waals surface area contributed by atoms with Gasteiger partial charge < -0.3 is 0 Å². The standard InChI is InChI=1S/C21H24FN/c1-2-3-4-15-5-7-16(8-6-15)17-11-12-20-18(13-17)9-10-19(14-23)21(20)22/h9-13,15-16H,2-8H2,1H3/t15-,16-. The summed E-state index contributed by atoms with van der Waals surface area (Å²) in [7, 11) is 0. The summed E-state index contributed by atoms with van der Waals surface area (Å²) in [5.74, 6) is 1.12. The number of hydrogen-bond donors (Lipinski definition) is 0. The summed E-state index contributed by atoms with van der Waals surface area (Å²) in [4.78, 5) is 0. The van der Waals surface area contributed by atoms with Crippen LogP contribution < -0.4 is 0 Å². The van der Waals surface area contributed by atoms with Gasteiger partial charge in [0.15, 0.2) is 0 Å². The van der Waals surface area contributed by atoms with Crippen LogP contribution in [0.5, 0.6) is 0 Å². The van der Waals surface area contributed by atoms with Crippen LogP contribution in [0.1, 0.15) is 68.9 Å². The maximum Gasteiger partial charge on any atom is 0.148 e. The molecule has 2 aromatic carbocycles. The number of hydrogen-bond acceptors (Lipinski definition) is 1. The van der Waals surface area contributed by atoms with Crippen molar-refractivity contribution in [1.82, 2.24) is 0 Å². The van der Waals surface area contributed by atoms with Crippen molar-refractivity contribution >= 4 is 10.8 Å².